The average molecular weight is 458 g/mol. The molecule has 0 radical (unpaired) electrons. The number of benzene rings is 2. The monoisotopic (exact) mass is 457 g/mol. The average Bonchev–Trinajstić information content (AvgIpc) is 2.71. The molecule has 2 rings (SSSR count). The number of likely N-dealkylation sites (N-methyl/N-ethyl adjacent to an activating group) is 1. The Hall–Kier alpha value is -1.99. The number of halogens is 2. The number of nitrogens with two attached hydrogens (primary N) is 1. The van der Waals surface area contributed by atoms with E-state index in [0.29, 0.717) is 23.8 Å². The van der Waals surface area contributed by atoms with E-state index in [1.165, 1.54) is 0 Å². The van der Waals surface area contributed by atoms with Gasteiger partial charge in [0.1, 0.15) is 12.6 Å². The predicted molar refractivity (Wildman–Crippen MR) is 128 cm³/mol. The van der Waals surface area contributed by atoms with Gasteiger partial charge in [-0.25, -0.2) is 0 Å². The van der Waals surface area contributed by atoms with Crippen LogP contribution in [-0.2, 0) is 4.79 Å². The molecule has 1 unspecified atom stereocenters. The molecule has 168 valence electrons. The number of rotatable bonds is 10. The molecule has 3 N–H and O–H groups in total. The third-order valence-electron chi connectivity index (χ3n) is 4.71. The van der Waals surface area contributed by atoms with Gasteiger partial charge in [0.25, 0.3) is 0 Å². The fourth-order valence-electron chi connectivity index (χ4n) is 2.84. The third-order valence-corrected chi connectivity index (χ3v) is 4.71. The molecule has 0 heterocycles. The molecule has 2 aromatic carbocycles. The number of methoxy groups -OCH3 is 1. The minimum atomic E-state index is -0.741. The van der Waals surface area contributed by atoms with Crippen LogP contribution < -0.4 is 20.5 Å². The van der Waals surface area contributed by atoms with Crippen molar-refractivity contribution in [2.45, 2.75) is 26.8 Å². The summed E-state index contributed by atoms with van der Waals surface area (Å²) in [6.45, 7) is 9.56. The summed E-state index contributed by atoms with van der Waals surface area (Å²) in [6, 6.07) is 12.2. The van der Waals surface area contributed by atoms with Gasteiger partial charge in [0.15, 0.2) is 11.5 Å². The highest BCUT2D eigenvalue weighted by Crippen LogP contribution is 2.30. The van der Waals surface area contributed by atoms with Gasteiger partial charge in [-0.05, 0) is 37.7 Å². The van der Waals surface area contributed by atoms with Crippen LogP contribution in [0, 0.1) is 6.92 Å². The number of hydrogen-bond donors (Lipinski definition) is 2. The topological polar surface area (TPSA) is 76.8 Å². The van der Waals surface area contributed by atoms with Crippen molar-refractivity contribution in [3.63, 3.8) is 0 Å². The summed E-state index contributed by atoms with van der Waals surface area (Å²) < 4.78 is 11.3. The zero-order valence-electron chi connectivity index (χ0n) is 18.0. The molecule has 0 bridgehead atoms. The van der Waals surface area contributed by atoms with Crippen molar-refractivity contribution in [2.24, 2.45) is 5.73 Å². The van der Waals surface area contributed by atoms with E-state index in [2.05, 4.69) is 24.1 Å². The van der Waals surface area contributed by atoms with Crippen LogP contribution in [0.2, 0.25) is 0 Å². The van der Waals surface area contributed by atoms with Gasteiger partial charge in [0.2, 0.25) is 5.91 Å². The fraction of sp³-hybridized carbons (Fsp3) is 0.409. The van der Waals surface area contributed by atoms with E-state index in [4.69, 9.17) is 15.2 Å². The first-order valence-electron chi connectivity index (χ1n) is 9.64. The Morgan fingerprint density at radius 3 is 2.27 bits per heavy atom. The lowest BCUT2D eigenvalue weighted by Gasteiger charge is -2.19. The lowest BCUT2D eigenvalue weighted by Crippen LogP contribution is -2.28. The molecule has 8 heteroatoms. The van der Waals surface area contributed by atoms with Crippen molar-refractivity contribution >= 4 is 36.4 Å². The first-order chi connectivity index (χ1) is 13.5. The molecule has 2 aromatic rings. The molecule has 30 heavy (non-hydrogen) atoms. The van der Waals surface area contributed by atoms with Crippen LogP contribution in [0.15, 0.2) is 42.5 Å². The zero-order valence-corrected chi connectivity index (χ0v) is 19.6. The summed E-state index contributed by atoms with van der Waals surface area (Å²) >= 11 is 0. The van der Waals surface area contributed by atoms with Crippen LogP contribution in [0.1, 0.15) is 31.0 Å². The van der Waals surface area contributed by atoms with Crippen molar-refractivity contribution in [3.8, 4) is 11.5 Å². The van der Waals surface area contributed by atoms with Crippen LogP contribution in [0.3, 0.4) is 0 Å². The molecule has 0 saturated heterocycles. The molecule has 0 saturated carbocycles. The Labute approximate surface area is 191 Å². The molecule has 0 aliphatic rings. The van der Waals surface area contributed by atoms with Crippen LogP contribution in [0.5, 0.6) is 11.5 Å². The molecular weight excluding hydrogens is 425 g/mol. The van der Waals surface area contributed by atoms with E-state index in [0.717, 1.165) is 30.8 Å². The number of carbonyl (C=O) groups is 1. The maximum absolute atomic E-state index is 12.5. The lowest BCUT2D eigenvalue weighted by molar-refractivity contribution is -0.117. The van der Waals surface area contributed by atoms with Gasteiger partial charge in [-0.2, -0.15) is 0 Å². The lowest BCUT2D eigenvalue weighted by atomic mass is 10.1. The van der Waals surface area contributed by atoms with E-state index in [-0.39, 0.29) is 30.7 Å². The SMILES string of the molecule is CCN(CC)CCOc1cc(NC(=O)C(N)c2ccc(C)cc2)ccc1OC.Cl.Cl. The quantitative estimate of drug-likeness (QED) is 0.558. The number of nitrogens with zero attached hydrogens (tertiary/aromatic N) is 1. The summed E-state index contributed by atoms with van der Waals surface area (Å²) in [6.07, 6.45) is 0. The van der Waals surface area contributed by atoms with Crippen LogP contribution in [0.25, 0.3) is 0 Å². The van der Waals surface area contributed by atoms with E-state index in [1.54, 1.807) is 25.3 Å². The molecule has 6 nitrogen and oxygen atoms in total. The Morgan fingerprint density at radius 1 is 1.07 bits per heavy atom. The number of amides is 1. The van der Waals surface area contributed by atoms with Crippen molar-refractivity contribution in [1.82, 2.24) is 4.90 Å². The van der Waals surface area contributed by atoms with Gasteiger partial charge in [-0.1, -0.05) is 43.7 Å². The highest BCUT2D eigenvalue weighted by molar-refractivity contribution is 5.95. The van der Waals surface area contributed by atoms with Gasteiger partial charge in [-0.15, -0.1) is 24.8 Å². The maximum atomic E-state index is 12.5. The van der Waals surface area contributed by atoms with Crippen LogP contribution in [-0.4, -0.2) is 44.2 Å². The van der Waals surface area contributed by atoms with Crippen molar-refractivity contribution < 1.29 is 14.3 Å². The number of anilines is 1. The van der Waals surface area contributed by atoms with Crippen molar-refractivity contribution in [1.29, 1.82) is 0 Å². The van der Waals surface area contributed by atoms with Crippen molar-refractivity contribution in [2.75, 3.05) is 38.7 Å². The van der Waals surface area contributed by atoms with Gasteiger partial charge >= 0.3 is 0 Å². The number of nitrogens with one attached hydrogen (secondary N) is 1. The fourth-order valence-corrected chi connectivity index (χ4v) is 2.84. The van der Waals surface area contributed by atoms with Crippen LogP contribution >= 0.6 is 24.8 Å². The standard InChI is InChI=1S/C22H31N3O3.2ClH/c1-5-25(6-2)13-14-28-20-15-18(11-12-19(20)27-4)24-22(26)21(23)17-9-7-16(3)8-10-17;;/h7-12,15,21H,5-6,13-14,23H2,1-4H3,(H,24,26);2*1H. The van der Waals surface area contributed by atoms with Crippen molar-refractivity contribution in [3.05, 3.63) is 53.6 Å². The molecule has 0 spiro atoms. The molecule has 1 atom stereocenters. The second kappa shape index (κ2) is 14.1. The number of hydrogen-bond acceptors (Lipinski definition) is 5. The van der Waals surface area contributed by atoms with Gasteiger partial charge in [0.05, 0.1) is 7.11 Å². The molecule has 1 amide bonds. The molecule has 0 aliphatic heterocycles. The third kappa shape index (κ3) is 8.03. The Balaban J connectivity index is 0.00000420. The first kappa shape index (κ1) is 28.0. The summed E-state index contributed by atoms with van der Waals surface area (Å²) in [5, 5.41) is 2.86. The van der Waals surface area contributed by atoms with Crippen LogP contribution in [0.4, 0.5) is 5.69 Å². The molecule has 0 aliphatic carbocycles. The second-order valence-electron chi connectivity index (χ2n) is 6.62. The highest BCUT2D eigenvalue weighted by atomic mass is 35.5. The van der Waals surface area contributed by atoms with Gasteiger partial charge < -0.3 is 25.4 Å². The summed E-state index contributed by atoms with van der Waals surface area (Å²) in [5.41, 5.74) is 8.61. The summed E-state index contributed by atoms with van der Waals surface area (Å²) in [4.78, 5) is 14.8. The second-order valence-corrected chi connectivity index (χ2v) is 6.62. The predicted octanol–water partition coefficient (Wildman–Crippen LogP) is 4.21. The highest BCUT2D eigenvalue weighted by Gasteiger charge is 2.17. The molecule has 0 fully saturated rings. The maximum Gasteiger partial charge on any atom is 0.245 e. The van der Waals surface area contributed by atoms with Gasteiger partial charge in [0, 0.05) is 18.3 Å². The normalized spacial score (nSPS) is 11.1. The molecular formula is C22H33Cl2N3O3. The smallest absolute Gasteiger partial charge is 0.245 e. The molecule has 0 aromatic heterocycles. The Morgan fingerprint density at radius 2 is 1.70 bits per heavy atom. The minimum Gasteiger partial charge on any atom is -0.493 e. The van der Waals surface area contributed by atoms with Gasteiger partial charge in [-0.3, -0.25) is 4.79 Å². The number of carbonyl (C=O) groups excluding carboxylic acids is 1. The zero-order chi connectivity index (χ0) is 20.5. The largest absolute Gasteiger partial charge is 0.493 e. The summed E-state index contributed by atoms with van der Waals surface area (Å²) in [5.74, 6) is 0.944. The number of aryl methyl sites for hydroxylation is 1. The summed E-state index contributed by atoms with van der Waals surface area (Å²) in [7, 11) is 1.60. The first-order valence-corrected chi connectivity index (χ1v) is 9.64. The Kier molecular flexibility index (Phi) is 13.2. The van der Waals surface area contributed by atoms with E-state index in [9.17, 15) is 4.79 Å². The van der Waals surface area contributed by atoms with E-state index >= 15 is 0 Å². The van der Waals surface area contributed by atoms with E-state index < -0.39 is 6.04 Å². The van der Waals surface area contributed by atoms with E-state index in [1.807, 2.05) is 31.2 Å². The number of ether oxygens (including phenoxy) is 2. The minimum absolute atomic E-state index is 0. The Bertz CT molecular complexity index is 769.